The van der Waals surface area contributed by atoms with Gasteiger partial charge in [-0.2, -0.15) is 0 Å². The number of anilines is 2. The topological polar surface area (TPSA) is 82.3 Å². The Balaban J connectivity index is 1.78. The van der Waals surface area contributed by atoms with Gasteiger partial charge >= 0.3 is 0 Å². The third-order valence-electron chi connectivity index (χ3n) is 3.04. The largest absolute Gasteiger partial charge is 0.399 e. The fourth-order valence-electron chi connectivity index (χ4n) is 2.08. The minimum Gasteiger partial charge on any atom is -0.399 e. The van der Waals surface area contributed by atoms with E-state index >= 15 is 0 Å². The van der Waals surface area contributed by atoms with Gasteiger partial charge in [0.1, 0.15) is 12.1 Å². The maximum Gasteiger partial charge on any atom is 0.137 e. The SMILES string of the molecule is Nc1ccc2ncnc(NCC3COCCO3)c2c1. The Kier molecular flexibility index (Phi) is 3.43. The van der Waals surface area contributed by atoms with Gasteiger partial charge in [-0.05, 0) is 18.2 Å². The Morgan fingerprint density at radius 3 is 3.11 bits per heavy atom. The van der Waals surface area contributed by atoms with Crippen molar-refractivity contribution in [2.45, 2.75) is 6.10 Å². The number of nitrogens with zero attached hydrogens (tertiary/aromatic N) is 2. The number of nitrogen functional groups attached to an aromatic ring is 1. The molecule has 3 N–H and O–H groups in total. The van der Waals surface area contributed by atoms with Crippen molar-refractivity contribution in [1.29, 1.82) is 0 Å². The first-order valence-corrected chi connectivity index (χ1v) is 6.26. The first-order valence-electron chi connectivity index (χ1n) is 6.26. The van der Waals surface area contributed by atoms with Crippen molar-refractivity contribution in [2.24, 2.45) is 0 Å². The number of benzene rings is 1. The summed E-state index contributed by atoms with van der Waals surface area (Å²) in [6, 6.07) is 5.59. The molecule has 1 aromatic heterocycles. The molecular weight excluding hydrogens is 244 g/mol. The Bertz CT molecular complexity index is 570. The normalized spacial score (nSPS) is 19.5. The van der Waals surface area contributed by atoms with E-state index in [9.17, 15) is 0 Å². The minimum absolute atomic E-state index is 0.0554. The zero-order valence-electron chi connectivity index (χ0n) is 10.5. The fourth-order valence-corrected chi connectivity index (χ4v) is 2.08. The molecule has 1 atom stereocenters. The van der Waals surface area contributed by atoms with Crippen molar-refractivity contribution in [3.8, 4) is 0 Å². The molecular formula is C13H16N4O2. The van der Waals surface area contributed by atoms with Crippen LogP contribution in [0.1, 0.15) is 0 Å². The van der Waals surface area contributed by atoms with Crippen LogP contribution in [-0.4, -0.2) is 42.4 Å². The van der Waals surface area contributed by atoms with Gasteiger partial charge in [-0.1, -0.05) is 0 Å². The van der Waals surface area contributed by atoms with Gasteiger partial charge in [-0.15, -0.1) is 0 Å². The van der Waals surface area contributed by atoms with Crippen LogP contribution in [-0.2, 0) is 9.47 Å². The van der Waals surface area contributed by atoms with Crippen molar-refractivity contribution in [1.82, 2.24) is 9.97 Å². The molecule has 6 heteroatoms. The first-order chi connectivity index (χ1) is 9.33. The number of nitrogens with one attached hydrogen (secondary N) is 1. The molecule has 1 aromatic carbocycles. The second kappa shape index (κ2) is 5.38. The van der Waals surface area contributed by atoms with Gasteiger partial charge in [-0.25, -0.2) is 9.97 Å². The van der Waals surface area contributed by atoms with E-state index in [1.807, 2.05) is 18.2 Å². The molecule has 2 heterocycles. The molecule has 0 saturated carbocycles. The molecule has 1 aliphatic heterocycles. The summed E-state index contributed by atoms with van der Waals surface area (Å²) >= 11 is 0. The van der Waals surface area contributed by atoms with Crippen molar-refractivity contribution in [3.05, 3.63) is 24.5 Å². The molecule has 1 fully saturated rings. The molecule has 0 radical (unpaired) electrons. The van der Waals surface area contributed by atoms with Gasteiger partial charge in [0, 0.05) is 17.6 Å². The van der Waals surface area contributed by atoms with E-state index in [0.717, 1.165) is 16.7 Å². The van der Waals surface area contributed by atoms with Crippen molar-refractivity contribution < 1.29 is 9.47 Å². The van der Waals surface area contributed by atoms with Gasteiger partial charge in [0.2, 0.25) is 0 Å². The summed E-state index contributed by atoms with van der Waals surface area (Å²) in [5.41, 5.74) is 7.37. The number of fused-ring (bicyclic) bond motifs is 1. The zero-order valence-corrected chi connectivity index (χ0v) is 10.5. The third kappa shape index (κ3) is 2.74. The lowest BCUT2D eigenvalue weighted by atomic mass is 10.2. The maximum atomic E-state index is 5.80. The highest BCUT2D eigenvalue weighted by Crippen LogP contribution is 2.21. The summed E-state index contributed by atoms with van der Waals surface area (Å²) in [6.45, 7) is 2.58. The summed E-state index contributed by atoms with van der Waals surface area (Å²) in [4.78, 5) is 8.47. The molecule has 6 nitrogen and oxygen atoms in total. The number of ether oxygens (including phenoxy) is 2. The summed E-state index contributed by atoms with van der Waals surface area (Å²) in [7, 11) is 0. The average Bonchev–Trinajstić information content (AvgIpc) is 2.46. The molecule has 0 aliphatic carbocycles. The summed E-state index contributed by atoms with van der Waals surface area (Å²) in [5, 5.41) is 4.19. The quantitative estimate of drug-likeness (QED) is 0.802. The van der Waals surface area contributed by atoms with Gasteiger partial charge in [0.15, 0.2) is 0 Å². The Labute approximate surface area is 110 Å². The van der Waals surface area contributed by atoms with Crippen LogP contribution < -0.4 is 11.1 Å². The summed E-state index contributed by atoms with van der Waals surface area (Å²) in [5.74, 6) is 0.770. The number of aromatic nitrogens is 2. The molecule has 3 rings (SSSR count). The van der Waals surface area contributed by atoms with Crippen LogP contribution in [0.4, 0.5) is 11.5 Å². The van der Waals surface area contributed by atoms with Gasteiger partial charge < -0.3 is 20.5 Å². The van der Waals surface area contributed by atoms with E-state index in [1.165, 1.54) is 0 Å². The Hall–Kier alpha value is -1.92. The monoisotopic (exact) mass is 260 g/mol. The van der Waals surface area contributed by atoms with Crippen LogP contribution in [0.15, 0.2) is 24.5 Å². The van der Waals surface area contributed by atoms with Crippen LogP contribution >= 0.6 is 0 Å². The van der Waals surface area contributed by atoms with Gasteiger partial charge in [0.25, 0.3) is 0 Å². The minimum atomic E-state index is 0.0554. The number of rotatable bonds is 3. The van der Waals surface area contributed by atoms with Crippen molar-refractivity contribution >= 4 is 22.4 Å². The molecule has 0 amide bonds. The van der Waals surface area contributed by atoms with E-state index in [-0.39, 0.29) is 6.10 Å². The lowest BCUT2D eigenvalue weighted by Crippen LogP contribution is -2.34. The smallest absolute Gasteiger partial charge is 0.137 e. The number of hydrogen-bond acceptors (Lipinski definition) is 6. The molecule has 1 saturated heterocycles. The van der Waals surface area contributed by atoms with Gasteiger partial charge in [0.05, 0.1) is 31.4 Å². The van der Waals surface area contributed by atoms with E-state index < -0.39 is 0 Å². The molecule has 100 valence electrons. The highest BCUT2D eigenvalue weighted by atomic mass is 16.6. The van der Waals surface area contributed by atoms with Crippen LogP contribution in [0.25, 0.3) is 10.9 Å². The molecule has 1 aliphatic rings. The molecule has 2 aromatic rings. The van der Waals surface area contributed by atoms with Crippen LogP contribution in [0.5, 0.6) is 0 Å². The maximum absolute atomic E-state index is 5.80. The van der Waals surface area contributed by atoms with Gasteiger partial charge in [-0.3, -0.25) is 0 Å². The predicted molar refractivity (Wildman–Crippen MR) is 73.0 cm³/mol. The summed E-state index contributed by atoms with van der Waals surface area (Å²) in [6.07, 6.45) is 1.60. The third-order valence-corrected chi connectivity index (χ3v) is 3.04. The predicted octanol–water partition coefficient (Wildman–Crippen LogP) is 1.04. The first kappa shape index (κ1) is 12.1. The molecule has 0 spiro atoms. The molecule has 19 heavy (non-hydrogen) atoms. The Morgan fingerprint density at radius 1 is 1.32 bits per heavy atom. The number of hydrogen-bond donors (Lipinski definition) is 2. The molecule has 1 unspecified atom stereocenters. The highest BCUT2D eigenvalue weighted by molar-refractivity contribution is 5.91. The lowest BCUT2D eigenvalue weighted by Gasteiger charge is -2.23. The van der Waals surface area contributed by atoms with Crippen LogP contribution in [0.2, 0.25) is 0 Å². The van der Waals surface area contributed by atoms with E-state index in [0.29, 0.717) is 32.1 Å². The van der Waals surface area contributed by atoms with Crippen molar-refractivity contribution in [2.75, 3.05) is 37.4 Å². The van der Waals surface area contributed by atoms with E-state index in [2.05, 4.69) is 15.3 Å². The second-order valence-corrected chi connectivity index (χ2v) is 4.45. The van der Waals surface area contributed by atoms with E-state index in [4.69, 9.17) is 15.2 Å². The van der Waals surface area contributed by atoms with E-state index in [1.54, 1.807) is 6.33 Å². The lowest BCUT2D eigenvalue weighted by molar-refractivity contribution is -0.0819. The second-order valence-electron chi connectivity index (χ2n) is 4.45. The number of nitrogens with two attached hydrogens (primary N) is 1. The highest BCUT2D eigenvalue weighted by Gasteiger charge is 2.14. The Morgan fingerprint density at radius 2 is 2.26 bits per heavy atom. The fraction of sp³-hybridized carbons (Fsp3) is 0.385. The average molecular weight is 260 g/mol. The molecule has 0 bridgehead atoms. The van der Waals surface area contributed by atoms with Crippen LogP contribution in [0.3, 0.4) is 0 Å². The summed E-state index contributed by atoms with van der Waals surface area (Å²) < 4.78 is 10.9. The zero-order chi connectivity index (χ0) is 13.1. The van der Waals surface area contributed by atoms with Crippen molar-refractivity contribution in [3.63, 3.8) is 0 Å². The standard InChI is InChI=1S/C13H16N4O2/c14-9-1-2-12-11(5-9)13(17-8-16-12)15-6-10-7-18-3-4-19-10/h1-2,5,8,10H,3-4,6-7,14H2,(H,15,16,17). The van der Waals surface area contributed by atoms with Crippen LogP contribution in [0, 0.1) is 0 Å².